The van der Waals surface area contributed by atoms with Crippen molar-refractivity contribution in [2.75, 3.05) is 13.2 Å². The highest BCUT2D eigenvalue weighted by Crippen LogP contribution is 2.25. The molecule has 3 heterocycles. The predicted molar refractivity (Wildman–Crippen MR) is 93.1 cm³/mol. The highest BCUT2D eigenvalue weighted by atomic mass is 16.5. The molecule has 1 N–H and O–H groups in total. The molecule has 1 aliphatic rings. The van der Waals surface area contributed by atoms with E-state index in [0.717, 1.165) is 43.0 Å². The lowest BCUT2D eigenvalue weighted by molar-refractivity contribution is 0.0547. The molecule has 4 rings (SSSR count). The smallest absolute Gasteiger partial charge is 0.0991 e. The number of nitrogens with one attached hydrogen (secondary N) is 1. The maximum atomic E-state index is 5.57. The number of rotatable bonds is 4. The molecule has 0 bridgehead atoms. The summed E-state index contributed by atoms with van der Waals surface area (Å²) in [4.78, 5) is 4.14. The Bertz CT molecular complexity index is 801. The summed E-state index contributed by atoms with van der Waals surface area (Å²) in [5.74, 6) is 0.603. The second-order valence-electron chi connectivity index (χ2n) is 6.54. The lowest BCUT2D eigenvalue weighted by atomic mass is 9.96. The Morgan fingerprint density at radius 2 is 2.29 bits per heavy atom. The normalized spacial score (nSPS) is 18.0. The van der Waals surface area contributed by atoms with Gasteiger partial charge in [-0.2, -0.15) is 5.10 Å². The number of aryl methyl sites for hydroxylation is 1. The number of benzene rings is 1. The summed E-state index contributed by atoms with van der Waals surface area (Å²) in [6.07, 6.45) is 9.00. The number of aromatic nitrogens is 4. The quantitative estimate of drug-likeness (QED) is 0.799. The lowest BCUT2D eigenvalue weighted by Crippen LogP contribution is -2.19. The lowest BCUT2D eigenvalue weighted by Gasteiger charge is -2.21. The van der Waals surface area contributed by atoms with Crippen LogP contribution in [0.2, 0.25) is 0 Å². The fourth-order valence-corrected chi connectivity index (χ4v) is 3.34. The zero-order valence-electron chi connectivity index (χ0n) is 13.9. The van der Waals surface area contributed by atoms with Crippen LogP contribution in [0.5, 0.6) is 0 Å². The summed E-state index contributed by atoms with van der Waals surface area (Å²) in [6.45, 7) is 3.88. The first-order valence-corrected chi connectivity index (χ1v) is 8.51. The Morgan fingerprint density at radius 3 is 3.08 bits per heavy atom. The standard InChI is InChI=1S/C19H22N4O/c1-14-4-5-16(10-19(14)23-7-6-20-13-23)18-11-17(21-22-18)9-15-3-2-8-24-12-15/h4-7,10-11,13,15H,2-3,8-9,12H2,1H3,(H,21,22). The maximum Gasteiger partial charge on any atom is 0.0991 e. The van der Waals surface area contributed by atoms with Crippen LogP contribution in [0.1, 0.15) is 24.1 Å². The highest BCUT2D eigenvalue weighted by molar-refractivity contribution is 5.64. The molecule has 1 saturated heterocycles. The van der Waals surface area contributed by atoms with Gasteiger partial charge in [0, 0.05) is 36.9 Å². The third-order valence-corrected chi connectivity index (χ3v) is 4.68. The van der Waals surface area contributed by atoms with E-state index in [2.05, 4.69) is 46.4 Å². The van der Waals surface area contributed by atoms with Crippen LogP contribution in [0.4, 0.5) is 0 Å². The zero-order chi connectivity index (χ0) is 16.4. The Hall–Kier alpha value is -2.40. The van der Waals surface area contributed by atoms with Crippen molar-refractivity contribution >= 4 is 0 Å². The zero-order valence-corrected chi connectivity index (χ0v) is 13.9. The van der Waals surface area contributed by atoms with E-state index in [1.807, 2.05) is 17.1 Å². The Balaban J connectivity index is 1.57. The molecule has 5 heteroatoms. The van der Waals surface area contributed by atoms with Gasteiger partial charge in [-0.25, -0.2) is 4.98 Å². The molecular formula is C19H22N4O. The van der Waals surface area contributed by atoms with Crippen LogP contribution in [0.25, 0.3) is 16.9 Å². The molecule has 3 aromatic rings. The van der Waals surface area contributed by atoms with Crippen LogP contribution < -0.4 is 0 Å². The summed E-state index contributed by atoms with van der Waals surface area (Å²) >= 11 is 0. The van der Waals surface area contributed by atoms with E-state index in [-0.39, 0.29) is 0 Å². The van der Waals surface area contributed by atoms with Crippen molar-refractivity contribution in [1.29, 1.82) is 0 Å². The van der Waals surface area contributed by atoms with Gasteiger partial charge < -0.3 is 9.30 Å². The third kappa shape index (κ3) is 3.12. The van der Waals surface area contributed by atoms with Gasteiger partial charge in [0.05, 0.1) is 17.7 Å². The van der Waals surface area contributed by atoms with Crippen LogP contribution in [-0.2, 0) is 11.2 Å². The van der Waals surface area contributed by atoms with Gasteiger partial charge in [0.2, 0.25) is 0 Å². The minimum Gasteiger partial charge on any atom is -0.381 e. The van der Waals surface area contributed by atoms with Crippen molar-refractivity contribution in [3.05, 3.63) is 54.2 Å². The average Bonchev–Trinajstić information content (AvgIpc) is 3.28. The molecule has 0 amide bonds. The first-order valence-electron chi connectivity index (χ1n) is 8.51. The number of nitrogens with zero attached hydrogens (tertiary/aromatic N) is 3. The van der Waals surface area contributed by atoms with Crippen LogP contribution in [0, 0.1) is 12.8 Å². The SMILES string of the molecule is Cc1ccc(-c2cc(CC3CCCOC3)[nH]n2)cc1-n1ccnc1. The van der Waals surface area contributed by atoms with Crippen molar-refractivity contribution in [2.24, 2.45) is 5.92 Å². The van der Waals surface area contributed by atoms with E-state index >= 15 is 0 Å². The van der Waals surface area contributed by atoms with Crippen molar-refractivity contribution in [1.82, 2.24) is 19.7 Å². The largest absolute Gasteiger partial charge is 0.381 e. The molecule has 1 aliphatic heterocycles. The van der Waals surface area contributed by atoms with Crippen molar-refractivity contribution in [3.63, 3.8) is 0 Å². The summed E-state index contributed by atoms with van der Waals surface area (Å²) in [6, 6.07) is 8.59. The van der Waals surface area contributed by atoms with E-state index in [1.165, 1.54) is 17.7 Å². The molecule has 0 saturated carbocycles. The van der Waals surface area contributed by atoms with Crippen LogP contribution in [0.15, 0.2) is 43.0 Å². The van der Waals surface area contributed by atoms with E-state index in [4.69, 9.17) is 4.74 Å². The second-order valence-corrected chi connectivity index (χ2v) is 6.54. The van der Waals surface area contributed by atoms with Gasteiger partial charge in [-0.3, -0.25) is 5.10 Å². The number of hydrogen-bond acceptors (Lipinski definition) is 3. The molecule has 5 nitrogen and oxygen atoms in total. The number of ether oxygens (including phenoxy) is 1. The van der Waals surface area contributed by atoms with Gasteiger partial charge in [0.25, 0.3) is 0 Å². The molecule has 1 atom stereocenters. The molecule has 24 heavy (non-hydrogen) atoms. The van der Waals surface area contributed by atoms with Crippen LogP contribution in [-0.4, -0.2) is 33.0 Å². The van der Waals surface area contributed by atoms with E-state index in [9.17, 15) is 0 Å². The molecule has 124 valence electrons. The van der Waals surface area contributed by atoms with Gasteiger partial charge in [-0.05, 0) is 49.8 Å². The Morgan fingerprint density at radius 1 is 1.33 bits per heavy atom. The van der Waals surface area contributed by atoms with Crippen LogP contribution in [0.3, 0.4) is 0 Å². The number of imidazole rings is 1. The van der Waals surface area contributed by atoms with Gasteiger partial charge in [-0.1, -0.05) is 12.1 Å². The summed E-state index contributed by atoms with van der Waals surface area (Å²) in [5, 5.41) is 7.71. The van der Waals surface area contributed by atoms with Gasteiger partial charge in [0.1, 0.15) is 0 Å². The van der Waals surface area contributed by atoms with E-state index in [1.54, 1.807) is 6.20 Å². The number of hydrogen-bond donors (Lipinski definition) is 1. The molecule has 1 aromatic carbocycles. The van der Waals surface area contributed by atoms with Gasteiger partial charge in [0.15, 0.2) is 0 Å². The maximum absolute atomic E-state index is 5.57. The van der Waals surface area contributed by atoms with E-state index in [0.29, 0.717) is 5.92 Å². The average molecular weight is 322 g/mol. The minimum atomic E-state index is 0.603. The van der Waals surface area contributed by atoms with Crippen molar-refractivity contribution in [2.45, 2.75) is 26.2 Å². The van der Waals surface area contributed by atoms with Crippen molar-refractivity contribution in [3.8, 4) is 16.9 Å². The first-order chi connectivity index (χ1) is 11.8. The minimum absolute atomic E-state index is 0.603. The molecule has 1 unspecified atom stereocenters. The molecular weight excluding hydrogens is 300 g/mol. The first kappa shape index (κ1) is 15.1. The fourth-order valence-electron chi connectivity index (χ4n) is 3.34. The van der Waals surface area contributed by atoms with Crippen molar-refractivity contribution < 1.29 is 4.74 Å². The molecule has 2 aromatic heterocycles. The van der Waals surface area contributed by atoms with Crippen LogP contribution >= 0.6 is 0 Å². The molecule has 0 radical (unpaired) electrons. The topological polar surface area (TPSA) is 55.7 Å². The highest BCUT2D eigenvalue weighted by Gasteiger charge is 2.16. The van der Waals surface area contributed by atoms with Gasteiger partial charge in [-0.15, -0.1) is 0 Å². The summed E-state index contributed by atoms with van der Waals surface area (Å²) in [7, 11) is 0. The fraction of sp³-hybridized carbons (Fsp3) is 0.368. The monoisotopic (exact) mass is 322 g/mol. The summed E-state index contributed by atoms with van der Waals surface area (Å²) < 4.78 is 7.61. The Labute approximate surface area is 141 Å². The molecule has 0 spiro atoms. The second kappa shape index (κ2) is 6.61. The number of H-pyrrole nitrogens is 1. The predicted octanol–water partition coefficient (Wildman–Crippen LogP) is 3.54. The molecule has 1 fully saturated rings. The summed E-state index contributed by atoms with van der Waals surface area (Å²) in [5.41, 5.74) is 5.64. The number of aromatic amines is 1. The Kier molecular flexibility index (Phi) is 4.17. The third-order valence-electron chi connectivity index (χ3n) is 4.68. The molecule has 0 aliphatic carbocycles. The van der Waals surface area contributed by atoms with E-state index < -0.39 is 0 Å². The van der Waals surface area contributed by atoms with Gasteiger partial charge >= 0.3 is 0 Å².